The molecule has 18 heavy (non-hydrogen) atoms. The molecule has 1 aromatic carbocycles. The van der Waals surface area contributed by atoms with E-state index >= 15 is 0 Å². The van der Waals surface area contributed by atoms with Crippen LogP contribution < -0.4 is 21.1 Å². The minimum Gasteiger partial charge on any atom is -0.497 e. The van der Waals surface area contributed by atoms with Crippen LogP contribution in [0.15, 0.2) is 24.3 Å². The van der Waals surface area contributed by atoms with Gasteiger partial charge in [-0.05, 0) is 30.9 Å². The molecule has 5 nitrogen and oxygen atoms in total. The Kier molecular flexibility index (Phi) is 4.04. The molecule has 0 bridgehead atoms. The molecule has 1 fully saturated rings. The number of hydrogen-bond acceptors (Lipinski definition) is 3. The van der Waals surface area contributed by atoms with Crippen molar-refractivity contribution < 1.29 is 9.53 Å². The lowest BCUT2D eigenvalue weighted by atomic mass is 9.81. The molecule has 0 saturated heterocycles. The maximum Gasteiger partial charge on any atom is 0.319 e. The number of urea groups is 1. The van der Waals surface area contributed by atoms with Crippen molar-refractivity contribution in [2.24, 2.45) is 11.7 Å². The van der Waals surface area contributed by atoms with Gasteiger partial charge in [0.1, 0.15) is 5.75 Å². The SMILES string of the molecule is COc1cccc(NC(=O)NCC2CC(N)C2)c1. The first-order chi connectivity index (χ1) is 8.67. The van der Waals surface area contributed by atoms with Crippen LogP contribution in [-0.4, -0.2) is 25.7 Å². The summed E-state index contributed by atoms with van der Waals surface area (Å²) in [6, 6.07) is 7.39. The predicted molar refractivity (Wildman–Crippen MR) is 70.7 cm³/mol. The third kappa shape index (κ3) is 3.37. The lowest BCUT2D eigenvalue weighted by Crippen LogP contribution is -2.43. The van der Waals surface area contributed by atoms with Crippen LogP contribution in [-0.2, 0) is 0 Å². The van der Waals surface area contributed by atoms with Gasteiger partial charge in [0.2, 0.25) is 0 Å². The van der Waals surface area contributed by atoms with E-state index in [1.165, 1.54) is 0 Å². The molecule has 0 heterocycles. The van der Waals surface area contributed by atoms with Gasteiger partial charge in [0.15, 0.2) is 0 Å². The quantitative estimate of drug-likeness (QED) is 0.757. The number of carbonyl (C=O) groups is 1. The van der Waals surface area contributed by atoms with E-state index in [0.29, 0.717) is 18.5 Å². The maximum absolute atomic E-state index is 11.6. The van der Waals surface area contributed by atoms with E-state index in [1.807, 2.05) is 18.2 Å². The molecule has 0 spiro atoms. The molecule has 0 atom stereocenters. The second kappa shape index (κ2) is 5.73. The van der Waals surface area contributed by atoms with Gasteiger partial charge in [0, 0.05) is 24.3 Å². The number of nitrogens with two attached hydrogens (primary N) is 1. The Bertz CT molecular complexity index is 416. The van der Waals surface area contributed by atoms with Crippen molar-refractivity contribution in [2.45, 2.75) is 18.9 Å². The highest BCUT2D eigenvalue weighted by atomic mass is 16.5. The summed E-state index contributed by atoms with van der Waals surface area (Å²) in [5.74, 6) is 1.24. The zero-order valence-electron chi connectivity index (χ0n) is 10.5. The number of methoxy groups -OCH3 is 1. The van der Waals surface area contributed by atoms with Gasteiger partial charge in [-0.3, -0.25) is 0 Å². The van der Waals surface area contributed by atoms with E-state index in [1.54, 1.807) is 13.2 Å². The Hall–Kier alpha value is -1.75. The number of anilines is 1. The monoisotopic (exact) mass is 249 g/mol. The summed E-state index contributed by atoms with van der Waals surface area (Å²) in [7, 11) is 1.60. The first kappa shape index (κ1) is 12.7. The topological polar surface area (TPSA) is 76.4 Å². The summed E-state index contributed by atoms with van der Waals surface area (Å²) in [5.41, 5.74) is 6.41. The Morgan fingerprint density at radius 1 is 1.50 bits per heavy atom. The van der Waals surface area contributed by atoms with Gasteiger partial charge >= 0.3 is 6.03 Å². The molecule has 0 aromatic heterocycles. The fourth-order valence-corrected chi connectivity index (χ4v) is 2.07. The van der Waals surface area contributed by atoms with Crippen molar-refractivity contribution in [2.75, 3.05) is 19.0 Å². The second-order valence-corrected chi connectivity index (χ2v) is 4.66. The minimum absolute atomic E-state index is 0.191. The molecule has 98 valence electrons. The molecule has 2 rings (SSSR count). The van der Waals surface area contributed by atoms with Gasteiger partial charge in [-0.25, -0.2) is 4.79 Å². The van der Waals surface area contributed by atoms with E-state index in [4.69, 9.17) is 10.5 Å². The van der Waals surface area contributed by atoms with Crippen molar-refractivity contribution in [1.82, 2.24) is 5.32 Å². The number of ether oxygens (including phenoxy) is 1. The number of nitrogens with one attached hydrogen (secondary N) is 2. The summed E-state index contributed by atoms with van der Waals surface area (Å²) >= 11 is 0. The number of benzene rings is 1. The third-order valence-corrected chi connectivity index (χ3v) is 3.15. The molecule has 0 aliphatic heterocycles. The van der Waals surface area contributed by atoms with Gasteiger partial charge in [-0.2, -0.15) is 0 Å². The zero-order valence-corrected chi connectivity index (χ0v) is 10.5. The molecule has 0 unspecified atom stereocenters. The van der Waals surface area contributed by atoms with E-state index in [2.05, 4.69) is 10.6 Å². The van der Waals surface area contributed by atoms with Gasteiger partial charge in [0.05, 0.1) is 7.11 Å². The number of carbonyl (C=O) groups excluding carboxylic acids is 1. The average Bonchev–Trinajstić information content (AvgIpc) is 2.33. The number of amides is 2. The van der Waals surface area contributed by atoms with Crippen LogP contribution in [0.3, 0.4) is 0 Å². The Labute approximate surface area is 107 Å². The largest absolute Gasteiger partial charge is 0.497 e. The highest BCUT2D eigenvalue weighted by molar-refractivity contribution is 5.89. The van der Waals surface area contributed by atoms with Crippen LogP contribution in [0.2, 0.25) is 0 Å². The minimum atomic E-state index is -0.191. The first-order valence-corrected chi connectivity index (χ1v) is 6.12. The maximum atomic E-state index is 11.6. The number of hydrogen-bond donors (Lipinski definition) is 3. The summed E-state index contributed by atoms with van der Waals surface area (Å²) in [4.78, 5) is 11.6. The van der Waals surface area contributed by atoms with Crippen molar-refractivity contribution in [3.63, 3.8) is 0 Å². The molecular formula is C13H19N3O2. The highest BCUT2D eigenvalue weighted by Crippen LogP contribution is 2.24. The first-order valence-electron chi connectivity index (χ1n) is 6.12. The molecule has 4 N–H and O–H groups in total. The standard InChI is InChI=1S/C13H19N3O2/c1-18-12-4-2-3-11(7-12)16-13(17)15-8-9-5-10(14)6-9/h2-4,7,9-10H,5-6,8,14H2,1H3,(H2,15,16,17). The summed E-state index contributed by atoms with van der Waals surface area (Å²) in [6.07, 6.45) is 2.00. The van der Waals surface area contributed by atoms with E-state index in [9.17, 15) is 4.79 Å². The fraction of sp³-hybridized carbons (Fsp3) is 0.462. The highest BCUT2D eigenvalue weighted by Gasteiger charge is 2.25. The van der Waals surface area contributed by atoms with Crippen LogP contribution in [0.25, 0.3) is 0 Å². The van der Waals surface area contributed by atoms with Gasteiger partial charge in [-0.1, -0.05) is 6.07 Å². The van der Waals surface area contributed by atoms with E-state index < -0.39 is 0 Å². The lowest BCUT2D eigenvalue weighted by molar-refractivity contribution is 0.234. The molecule has 1 aliphatic carbocycles. The second-order valence-electron chi connectivity index (χ2n) is 4.66. The van der Waals surface area contributed by atoms with Crippen molar-refractivity contribution in [3.05, 3.63) is 24.3 Å². The van der Waals surface area contributed by atoms with Crippen molar-refractivity contribution >= 4 is 11.7 Å². The predicted octanol–water partition coefficient (Wildman–Crippen LogP) is 1.55. The molecule has 1 aromatic rings. The molecule has 1 aliphatic rings. The van der Waals surface area contributed by atoms with Crippen LogP contribution in [0, 0.1) is 5.92 Å². The van der Waals surface area contributed by atoms with Crippen molar-refractivity contribution in [1.29, 1.82) is 0 Å². The Morgan fingerprint density at radius 2 is 2.28 bits per heavy atom. The normalized spacial score (nSPS) is 21.9. The smallest absolute Gasteiger partial charge is 0.319 e. The fourth-order valence-electron chi connectivity index (χ4n) is 2.07. The van der Waals surface area contributed by atoms with Crippen LogP contribution in [0.1, 0.15) is 12.8 Å². The molecule has 2 amide bonds. The Morgan fingerprint density at radius 3 is 2.94 bits per heavy atom. The zero-order chi connectivity index (χ0) is 13.0. The van der Waals surface area contributed by atoms with Crippen LogP contribution in [0.4, 0.5) is 10.5 Å². The average molecular weight is 249 g/mol. The Balaban J connectivity index is 1.76. The summed E-state index contributed by atoms with van der Waals surface area (Å²) < 4.78 is 5.09. The molecular weight excluding hydrogens is 230 g/mol. The van der Waals surface area contributed by atoms with Crippen molar-refractivity contribution in [3.8, 4) is 5.75 Å². The van der Waals surface area contributed by atoms with Crippen LogP contribution in [0.5, 0.6) is 5.75 Å². The van der Waals surface area contributed by atoms with Gasteiger partial charge in [0.25, 0.3) is 0 Å². The van der Waals surface area contributed by atoms with Gasteiger partial charge < -0.3 is 21.1 Å². The van der Waals surface area contributed by atoms with Gasteiger partial charge in [-0.15, -0.1) is 0 Å². The van der Waals surface area contributed by atoms with Crippen LogP contribution >= 0.6 is 0 Å². The molecule has 0 radical (unpaired) electrons. The van der Waals surface area contributed by atoms with E-state index in [-0.39, 0.29) is 6.03 Å². The lowest BCUT2D eigenvalue weighted by Gasteiger charge is -2.32. The van der Waals surface area contributed by atoms with E-state index in [0.717, 1.165) is 24.3 Å². The summed E-state index contributed by atoms with van der Waals surface area (Å²) in [5, 5.41) is 5.61. The summed E-state index contributed by atoms with van der Waals surface area (Å²) in [6.45, 7) is 0.684. The third-order valence-electron chi connectivity index (χ3n) is 3.15. The molecule has 5 heteroatoms. The number of rotatable bonds is 4. The molecule has 1 saturated carbocycles.